The summed E-state index contributed by atoms with van der Waals surface area (Å²) in [6.07, 6.45) is 2.43. The van der Waals surface area contributed by atoms with Gasteiger partial charge in [0, 0.05) is 18.2 Å². The van der Waals surface area contributed by atoms with Crippen LogP contribution in [0.3, 0.4) is 0 Å². The lowest BCUT2D eigenvalue weighted by Crippen LogP contribution is -2.45. The Bertz CT molecular complexity index is 392. The van der Waals surface area contributed by atoms with E-state index in [9.17, 15) is 0 Å². The van der Waals surface area contributed by atoms with E-state index in [-0.39, 0.29) is 6.10 Å². The molecule has 2 atom stereocenters. The molecule has 0 radical (unpaired) electrons. The van der Waals surface area contributed by atoms with E-state index in [1.54, 1.807) is 7.11 Å². The van der Waals surface area contributed by atoms with Crippen LogP contribution in [-0.4, -0.2) is 26.3 Å². The molecule has 1 aromatic rings. The van der Waals surface area contributed by atoms with E-state index in [1.807, 2.05) is 6.07 Å². The van der Waals surface area contributed by atoms with E-state index < -0.39 is 0 Å². The van der Waals surface area contributed by atoms with Crippen LogP contribution in [-0.2, 0) is 11.2 Å². The van der Waals surface area contributed by atoms with E-state index in [4.69, 9.17) is 9.47 Å². The van der Waals surface area contributed by atoms with Gasteiger partial charge in [-0.2, -0.15) is 0 Å². The highest BCUT2D eigenvalue weighted by Gasteiger charge is 2.33. The number of hydrogen-bond donors (Lipinski definition) is 1. The number of benzene rings is 1. The van der Waals surface area contributed by atoms with E-state index in [2.05, 4.69) is 17.4 Å². The van der Waals surface area contributed by atoms with Gasteiger partial charge in [-0.15, -0.1) is 0 Å². The highest BCUT2D eigenvalue weighted by atomic mass is 16.5. The first-order valence-electron chi connectivity index (χ1n) is 5.91. The highest BCUT2D eigenvalue weighted by Crippen LogP contribution is 2.38. The SMILES string of the molecule is COc1cccc2c1CC[C@H]1NCCO[C@H]21. The van der Waals surface area contributed by atoms with Crippen LogP contribution < -0.4 is 10.1 Å². The lowest BCUT2D eigenvalue weighted by Gasteiger charge is -2.38. The Morgan fingerprint density at radius 3 is 3.25 bits per heavy atom. The van der Waals surface area contributed by atoms with Gasteiger partial charge >= 0.3 is 0 Å². The monoisotopic (exact) mass is 219 g/mol. The first-order chi connectivity index (χ1) is 7.90. The number of rotatable bonds is 1. The Kier molecular flexibility index (Phi) is 2.58. The van der Waals surface area contributed by atoms with Crippen molar-refractivity contribution in [3.05, 3.63) is 29.3 Å². The maximum Gasteiger partial charge on any atom is 0.122 e. The molecule has 0 saturated carbocycles. The molecule has 3 heteroatoms. The van der Waals surface area contributed by atoms with Crippen LogP contribution in [0.2, 0.25) is 0 Å². The van der Waals surface area contributed by atoms with Gasteiger partial charge in [0.1, 0.15) is 5.75 Å². The van der Waals surface area contributed by atoms with Crippen LogP contribution in [0.25, 0.3) is 0 Å². The Morgan fingerprint density at radius 2 is 2.38 bits per heavy atom. The van der Waals surface area contributed by atoms with Gasteiger partial charge in [0.2, 0.25) is 0 Å². The van der Waals surface area contributed by atoms with Crippen molar-refractivity contribution in [1.29, 1.82) is 0 Å². The fraction of sp³-hybridized carbons (Fsp3) is 0.538. The summed E-state index contributed by atoms with van der Waals surface area (Å²) >= 11 is 0. The molecule has 1 aliphatic heterocycles. The zero-order valence-electron chi connectivity index (χ0n) is 9.53. The zero-order chi connectivity index (χ0) is 11.0. The third-order valence-electron chi connectivity index (χ3n) is 3.57. The minimum absolute atomic E-state index is 0.215. The van der Waals surface area contributed by atoms with Crippen molar-refractivity contribution >= 4 is 0 Å². The fourth-order valence-electron chi connectivity index (χ4n) is 2.82. The molecule has 0 unspecified atom stereocenters. The molecule has 1 N–H and O–H groups in total. The van der Waals surface area contributed by atoms with Crippen LogP contribution in [0, 0.1) is 0 Å². The third kappa shape index (κ3) is 1.51. The molecule has 1 fully saturated rings. The van der Waals surface area contributed by atoms with Crippen LogP contribution >= 0.6 is 0 Å². The quantitative estimate of drug-likeness (QED) is 0.779. The lowest BCUT2D eigenvalue weighted by molar-refractivity contribution is -0.0129. The molecule has 3 rings (SSSR count). The molecule has 1 aromatic carbocycles. The molecule has 0 amide bonds. The molecular weight excluding hydrogens is 202 g/mol. The Hall–Kier alpha value is -1.06. The maximum absolute atomic E-state index is 5.89. The van der Waals surface area contributed by atoms with Gasteiger partial charge in [-0.05, 0) is 24.5 Å². The second-order valence-electron chi connectivity index (χ2n) is 4.42. The van der Waals surface area contributed by atoms with Gasteiger partial charge in [0.05, 0.1) is 19.8 Å². The number of nitrogens with one attached hydrogen (secondary N) is 1. The number of hydrogen-bond acceptors (Lipinski definition) is 3. The predicted octanol–water partition coefficient (Wildman–Crippen LogP) is 1.67. The average molecular weight is 219 g/mol. The van der Waals surface area contributed by atoms with Crippen LogP contribution in [0.15, 0.2) is 18.2 Å². The van der Waals surface area contributed by atoms with Crippen molar-refractivity contribution in [2.24, 2.45) is 0 Å². The van der Waals surface area contributed by atoms with Gasteiger partial charge in [0.15, 0.2) is 0 Å². The van der Waals surface area contributed by atoms with E-state index in [0.717, 1.165) is 31.7 Å². The first kappa shape index (κ1) is 10.1. The highest BCUT2D eigenvalue weighted by molar-refractivity contribution is 5.44. The largest absolute Gasteiger partial charge is 0.496 e. The lowest BCUT2D eigenvalue weighted by atomic mass is 9.84. The number of fused-ring (bicyclic) bond motifs is 3. The minimum Gasteiger partial charge on any atom is -0.496 e. The maximum atomic E-state index is 5.89. The molecule has 3 nitrogen and oxygen atoms in total. The fourth-order valence-corrected chi connectivity index (χ4v) is 2.82. The summed E-state index contributed by atoms with van der Waals surface area (Å²) in [7, 11) is 1.74. The van der Waals surface area contributed by atoms with Crippen LogP contribution in [0.5, 0.6) is 5.75 Å². The summed E-state index contributed by atoms with van der Waals surface area (Å²) < 4.78 is 11.3. The standard InChI is InChI=1S/C13H17NO2/c1-15-12-4-2-3-10-9(12)5-6-11-13(10)16-8-7-14-11/h2-4,11,13-14H,5-8H2,1H3/t11-,13-/m1/s1. The smallest absolute Gasteiger partial charge is 0.122 e. The van der Waals surface area contributed by atoms with Crippen molar-refractivity contribution in [3.63, 3.8) is 0 Å². The van der Waals surface area contributed by atoms with Gasteiger partial charge < -0.3 is 14.8 Å². The minimum atomic E-state index is 0.215. The first-order valence-corrected chi connectivity index (χ1v) is 5.91. The second-order valence-corrected chi connectivity index (χ2v) is 4.42. The average Bonchev–Trinajstić information content (AvgIpc) is 2.37. The summed E-state index contributed by atoms with van der Waals surface area (Å²) in [4.78, 5) is 0. The van der Waals surface area contributed by atoms with Gasteiger partial charge in [-0.1, -0.05) is 12.1 Å². The summed E-state index contributed by atoms with van der Waals surface area (Å²) in [6, 6.07) is 6.74. The Labute approximate surface area is 95.8 Å². The van der Waals surface area contributed by atoms with E-state index in [0.29, 0.717) is 6.04 Å². The molecule has 0 aromatic heterocycles. The number of ether oxygens (including phenoxy) is 2. The molecule has 1 aliphatic carbocycles. The number of morpholine rings is 1. The summed E-state index contributed by atoms with van der Waals surface area (Å²) in [5.41, 5.74) is 2.64. The van der Waals surface area contributed by atoms with E-state index >= 15 is 0 Å². The molecule has 0 bridgehead atoms. The summed E-state index contributed by atoms with van der Waals surface area (Å²) in [5.74, 6) is 1.00. The normalized spacial score (nSPS) is 28.1. The molecule has 16 heavy (non-hydrogen) atoms. The van der Waals surface area contributed by atoms with Crippen molar-refractivity contribution in [3.8, 4) is 5.75 Å². The van der Waals surface area contributed by atoms with Gasteiger partial charge in [0.25, 0.3) is 0 Å². The zero-order valence-corrected chi connectivity index (χ0v) is 9.53. The van der Waals surface area contributed by atoms with Crippen molar-refractivity contribution in [2.45, 2.75) is 25.0 Å². The molecule has 0 spiro atoms. The van der Waals surface area contributed by atoms with Gasteiger partial charge in [-0.3, -0.25) is 0 Å². The van der Waals surface area contributed by atoms with Crippen LogP contribution in [0.1, 0.15) is 23.7 Å². The van der Waals surface area contributed by atoms with Crippen molar-refractivity contribution in [2.75, 3.05) is 20.3 Å². The van der Waals surface area contributed by atoms with Gasteiger partial charge in [-0.25, -0.2) is 0 Å². The van der Waals surface area contributed by atoms with Crippen molar-refractivity contribution < 1.29 is 9.47 Å². The summed E-state index contributed by atoms with van der Waals surface area (Å²) in [5, 5.41) is 3.53. The molecule has 1 saturated heterocycles. The second kappa shape index (κ2) is 4.07. The molecule has 1 heterocycles. The summed E-state index contributed by atoms with van der Waals surface area (Å²) in [6.45, 7) is 1.78. The van der Waals surface area contributed by atoms with E-state index in [1.165, 1.54) is 11.1 Å². The Morgan fingerprint density at radius 1 is 1.44 bits per heavy atom. The topological polar surface area (TPSA) is 30.5 Å². The Balaban J connectivity index is 2.01. The molecular formula is C13H17NO2. The molecule has 2 aliphatic rings. The molecule has 86 valence electrons. The number of methoxy groups -OCH3 is 1. The predicted molar refractivity (Wildman–Crippen MR) is 61.8 cm³/mol. The third-order valence-corrected chi connectivity index (χ3v) is 3.57. The van der Waals surface area contributed by atoms with Crippen molar-refractivity contribution in [1.82, 2.24) is 5.32 Å². The van der Waals surface area contributed by atoms with Crippen LogP contribution in [0.4, 0.5) is 0 Å².